The van der Waals surface area contributed by atoms with Crippen molar-refractivity contribution in [2.24, 2.45) is 0 Å². The van der Waals surface area contributed by atoms with Crippen LogP contribution in [0.25, 0.3) is 0 Å². The molecule has 1 heterocycles. The van der Waals surface area contributed by atoms with Crippen LogP contribution in [-0.2, 0) is 16.5 Å². The van der Waals surface area contributed by atoms with Crippen molar-refractivity contribution in [3.63, 3.8) is 0 Å². The van der Waals surface area contributed by atoms with Gasteiger partial charge in [-0.1, -0.05) is 15.9 Å². The van der Waals surface area contributed by atoms with E-state index in [2.05, 4.69) is 25.7 Å². The lowest BCUT2D eigenvalue weighted by molar-refractivity contribution is -0.276. The minimum atomic E-state index is -5.05. The first-order chi connectivity index (χ1) is 9.14. The van der Waals surface area contributed by atoms with Crippen molar-refractivity contribution < 1.29 is 36.6 Å². The highest BCUT2D eigenvalue weighted by molar-refractivity contribution is 9.08. The fourth-order valence-corrected chi connectivity index (χ4v) is 1.93. The molecule has 0 saturated carbocycles. The lowest BCUT2D eigenvalue weighted by Gasteiger charge is -2.15. The SMILES string of the molecule is O=C(O)Cc1nc(OC(F)(F)F)cc(CBr)c1C(F)F. The molecule has 1 N–H and O–H groups in total. The quantitative estimate of drug-likeness (QED) is 0.643. The molecule has 0 spiro atoms. The average Bonchev–Trinajstić information content (AvgIpc) is 2.24. The molecular weight excluding hydrogens is 357 g/mol. The summed E-state index contributed by atoms with van der Waals surface area (Å²) in [4.78, 5) is 13.8. The third-order valence-electron chi connectivity index (χ3n) is 2.10. The van der Waals surface area contributed by atoms with E-state index < -0.39 is 42.3 Å². The zero-order valence-corrected chi connectivity index (χ0v) is 11.1. The van der Waals surface area contributed by atoms with Gasteiger partial charge >= 0.3 is 12.3 Å². The number of aromatic nitrogens is 1. The van der Waals surface area contributed by atoms with Crippen LogP contribution in [0.2, 0.25) is 0 Å². The van der Waals surface area contributed by atoms with Crippen molar-refractivity contribution in [3.8, 4) is 5.88 Å². The number of rotatable bonds is 5. The first-order valence-corrected chi connectivity index (χ1v) is 6.10. The van der Waals surface area contributed by atoms with Gasteiger partial charge in [-0.3, -0.25) is 4.79 Å². The minimum absolute atomic E-state index is 0.198. The van der Waals surface area contributed by atoms with Crippen molar-refractivity contribution in [2.45, 2.75) is 24.5 Å². The highest BCUT2D eigenvalue weighted by Crippen LogP contribution is 2.32. The predicted molar refractivity (Wildman–Crippen MR) is 59.8 cm³/mol. The monoisotopic (exact) mass is 363 g/mol. The number of pyridine rings is 1. The fraction of sp³-hybridized carbons (Fsp3) is 0.400. The van der Waals surface area contributed by atoms with Gasteiger partial charge in [0, 0.05) is 17.0 Å². The second-order valence-electron chi connectivity index (χ2n) is 3.53. The van der Waals surface area contributed by atoms with Gasteiger partial charge in [0.25, 0.3) is 6.43 Å². The molecule has 10 heteroatoms. The molecule has 1 aromatic heterocycles. The minimum Gasteiger partial charge on any atom is -0.481 e. The van der Waals surface area contributed by atoms with Gasteiger partial charge in [0.05, 0.1) is 12.1 Å². The molecule has 0 aliphatic heterocycles. The van der Waals surface area contributed by atoms with E-state index in [1.54, 1.807) is 0 Å². The summed E-state index contributed by atoms with van der Waals surface area (Å²) >= 11 is 2.85. The number of nitrogens with zero attached hydrogens (tertiary/aromatic N) is 1. The van der Waals surface area contributed by atoms with Crippen LogP contribution in [0.4, 0.5) is 22.0 Å². The molecule has 112 valence electrons. The first kappa shape index (κ1) is 16.6. The molecule has 0 aliphatic rings. The molecule has 0 unspecified atom stereocenters. The Morgan fingerprint density at radius 2 is 2.05 bits per heavy atom. The van der Waals surface area contributed by atoms with Gasteiger partial charge in [0.1, 0.15) is 0 Å². The van der Waals surface area contributed by atoms with Crippen molar-refractivity contribution in [1.29, 1.82) is 0 Å². The third-order valence-corrected chi connectivity index (χ3v) is 2.70. The van der Waals surface area contributed by atoms with E-state index in [0.29, 0.717) is 6.07 Å². The normalized spacial score (nSPS) is 11.8. The Morgan fingerprint density at radius 1 is 1.45 bits per heavy atom. The van der Waals surface area contributed by atoms with Gasteiger partial charge in [-0.15, -0.1) is 13.2 Å². The van der Waals surface area contributed by atoms with Crippen LogP contribution in [0, 0.1) is 0 Å². The maximum Gasteiger partial charge on any atom is 0.574 e. The van der Waals surface area contributed by atoms with E-state index in [0.717, 1.165) is 0 Å². The molecule has 0 bridgehead atoms. The van der Waals surface area contributed by atoms with E-state index in [1.807, 2.05) is 0 Å². The van der Waals surface area contributed by atoms with Crippen LogP contribution in [0.1, 0.15) is 23.2 Å². The Hall–Kier alpha value is -1.45. The molecule has 0 aromatic carbocycles. The lowest BCUT2D eigenvalue weighted by Crippen LogP contribution is -2.19. The van der Waals surface area contributed by atoms with Gasteiger partial charge in [0.2, 0.25) is 5.88 Å². The maximum atomic E-state index is 12.9. The summed E-state index contributed by atoms with van der Waals surface area (Å²) in [7, 11) is 0. The first-order valence-electron chi connectivity index (χ1n) is 4.98. The molecule has 0 saturated heterocycles. The molecule has 0 aliphatic carbocycles. The Balaban J connectivity index is 3.35. The van der Waals surface area contributed by atoms with E-state index in [1.165, 1.54) is 0 Å². The van der Waals surface area contributed by atoms with E-state index in [4.69, 9.17) is 5.11 Å². The van der Waals surface area contributed by atoms with Crippen molar-refractivity contribution in [1.82, 2.24) is 4.98 Å². The zero-order valence-electron chi connectivity index (χ0n) is 9.55. The second kappa shape index (κ2) is 6.33. The Bertz CT molecular complexity index is 506. The summed E-state index contributed by atoms with van der Waals surface area (Å²) < 4.78 is 65.6. The van der Waals surface area contributed by atoms with Crippen LogP contribution in [-0.4, -0.2) is 22.4 Å². The average molecular weight is 364 g/mol. The number of carbonyl (C=O) groups is 1. The number of ether oxygens (including phenoxy) is 1. The molecule has 1 aromatic rings. The summed E-state index contributed by atoms with van der Waals surface area (Å²) in [6.45, 7) is 0. The van der Waals surface area contributed by atoms with Crippen molar-refractivity contribution in [3.05, 3.63) is 22.9 Å². The van der Waals surface area contributed by atoms with Crippen LogP contribution in [0.5, 0.6) is 5.88 Å². The highest BCUT2D eigenvalue weighted by Gasteiger charge is 2.33. The zero-order chi connectivity index (χ0) is 15.5. The standard InChI is InChI=1S/C10H7BrF5NO3/c11-3-4-1-6(20-10(14,15)16)17-5(2-7(18)19)8(4)9(12)13/h1,9H,2-3H2,(H,18,19). The molecule has 0 fully saturated rings. The Labute approximate surface area is 117 Å². The number of hydrogen-bond donors (Lipinski definition) is 1. The van der Waals surface area contributed by atoms with Crippen LogP contribution >= 0.6 is 15.9 Å². The summed E-state index contributed by atoms with van der Waals surface area (Å²) in [5, 5.41) is 8.40. The molecule has 0 radical (unpaired) electrons. The maximum absolute atomic E-state index is 12.9. The summed E-state index contributed by atoms with van der Waals surface area (Å²) in [6.07, 6.45) is -9.05. The van der Waals surface area contributed by atoms with Gasteiger partial charge in [-0.25, -0.2) is 13.8 Å². The molecule has 0 atom stereocenters. The van der Waals surface area contributed by atoms with Gasteiger partial charge in [0.15, 0.2) is 0 Å². The highest BCUT2D eigenvalue weighted by atomic mass is 79.9. The second-order valence-corrected chi connectivity index (χ2v) is 4.09. The van der Waals surface area contributed by atoms with Crippen molar-refractivity contribution >= 4 is 21.9 Å². The molecule has 0 amide bonds. The molecule has 20 heavy (non-hydrogen) atoms. The van der Waals surface area contributed by atoms with Crippen LogP contribution in [0.3, 0.4) is 0 Å². The predicted octanol–water partition coefficient (Wildman–Crippen LogP) is 3.44. The van der Waals surface area contributed by atoms with Crippen LogP contribution in [0.15, 0.2) is 6.07 Å². The summed E-state index contributed by atoms with van der Waals surface area (Å²) in [5.74, 6) is -2.48. The Kier molecular flexibility index (Phi) is 5.26. The number of carboxylic acid groups (broad SMARTS) is 1. The largest absolute Gasteiger partial charge is 0.574 e. The molecule has 1 rings (SSSR count). The van der Waals surface area contributed by atoms with E-state index in [-0.39, 0.29) is 10.9 Å². The topological polar surface area (TPSA) is 59.4 Å². The summed E-state index contributed by atoms with van der Waals surface area (Å²) in [5.41, 5.74) is -1.59. The Morgan fingerprint density at radius 3 is 2.45 bits per heavy atom. The molecule has 4 nitrogen and oxygen atoms in total. The lowest BCUT2D eigenvalue weighted by atomic mass is 10.1. The number of alkyl halides is 6. The number of carboxylic acids is 1. The van der Waals surface area contributed by atoms with Crippen molar-refractivity contribution in [2.75, 3.05) is 0 Å². The third kappa shape index (κ3) is 4.58. The summed E-state index contributed by atoms with van der Waals surface area (Å²) in [6, 6.07) is 0.690. The van der Waals surface area contributed by atoms with E-state index >= 15 is 0 Å². The van der Waals surface area contributed by atoms with Gasteiger partial charge in [-0.2, -0.15) is 0 Å². The number of halogens is 6. The molecular formula is C10H7BrF5NO3. The number of aliphatic carboxylic acids is 1. The fourth-order valence-electron chi connectivity index (χ4n) is 1.46. The van der Waals surface area contributed by atoms with Gasteiger partial charge in [-0.05, 0) is 5.56 Å². The number of hydrogen-bond acceptors (Lipinski definition) is 3. The van der Waals surface area contributed by atoms with Crippen LogP contribution < -0.4 is 4.74 Å². The smallest absolute Gasteiger partial charge is 0.481 e. The van der Waals surface area contributed by atoms with E-state index in [9.17, 15) is 26.7 Å². The van der Waals surface area contributed by atoms with Gasteiger partial charge < -0.3 is 9.84 Å².